The van der Waals surface area contributed by atoms with Gasteiger partial charge in [0.25, 0.3) is 0 Å². The molecule has 1 unspecified atom stereocenters. The van der Waals surface area contributed by atoms with Crippen LogP contribution >= 0.6 is 15.9 Å². The van der Waals surface area contributed by atoms with Gasteiger partial charge in [-0.25, -0.2) is 9.18 Å². The highest BCUT2D eigenvalue weighted by atomic mass is 79.9. The van der Waals surface area contributed by atoms with Gasteiger partial charge in [-0.05, 0) is 76.1 Å². The lowest BCUT2D eigenvalue weighted by molar-refractivity contribution is 0.0526. The van der Waals surface area contributed by atoms with Gasteiger partial charge in [0, 0.05) is 5.69 Å². The number of ether oxygens (including phenoxy) is 1. The van der Waals surface area contributed by atoms with Crippen molar-refractivity contribution in [2.75, 3.05) is 11.9 Å². The van der Waals surface area contributed by atoms with Gasteiger partial charge < -0.3 is 10.1 Å². The maximum Gasteiger partial charge on any atom is 0.338 e. The largest absolute Gasteiger partial charge is 0.462 e. The van der Waals surface area contributed by atoms with E-state index in [0.717, 1.165) is 23.2 Å². The predicted molar refractivity (Wildman–Crippen MR) is 100 cm³/mol. The Bertz CT molecular complexity index is 819. The summed E-state index contributed by atoms with van der Waals surface area (Å²) in [5.74, 6) is -0.565. The SMILES string of the molecule is CCOC(=O)c1ccc2c(c1)CC(C)(C)C(c1ccc(F)c(Br)c1)N2. The third-order valence-electron chi connectivity index (χ3n) is 4.62. The van der Waals surface area contributed by atoms with Crippen LogP contribution in [0, 0.1) is 11.2 Å². The highest BCUT2D eigenvalue weighted by Gasteiger charge is 2.36. The molecule has 0 saturated heterocycles. The van der Waals surface area contributed by atoms with Crippen molar-refractivity contribution in [2.45, 2.75) is 33.2 Å². The summed E-state index contributed by atoms with van der Waals surface area (Å²) in [7, 11) is 0. The van der Waals surface area contributed by atoms with Crippen molar-refractivity contribution >= 4 is 27.6 Å². The van der Waals surface area contributed by atoms with E-state index >= 15 is 0 Å². The van der Waals surface area contributed by atoms with Crippen LogP contribution in [0.4, 0.5) is 10.1 Å². The predicted octanol–water partition coefficient (Wildman–Crippen LogP) is 5.50. The molecule has 1 aliphatic rings. The highest BCUT2D eigenvalue weighted by Crippen LogP contribution is 2.45. The molecule has 0 aromatic heterocycles. The first-order valence-corrected chi connectivity index (χ1v) is 9.12. The zero-order valence-corrected chi connectivity index (χ0v) is 16.1. The van der Waals surface area contributed by atoms with Crippen LogP contribution in [0.1, 0.15) is 48.3 Å². The van der Waals surface area contributed by atoms with Crippen molar-refractivity contribution in [1.29, 1.82) is 0 Å². The number of halogens is 2. The minimum absolute atomic E-state index is 0.0466. The average molecular weight is 406 g/mol. The van der Waals surface area contributed by atoms with Gasteiger partial charge in [0.15, 0.2) is 0 Å². The number of hydrogen-bond acceptors (Lipinski definition) is 3. The summed E-state index contributed by atoms with van der Waals surface area (Å²) >= 11 is 3.27. The first-order chi connectivity index (χ1) is 11.8. The standard InChI is InChI=1S/C20H21BrFNO2/c1-4-25-19(24)13-6-8-17-14(9-13)11-20(2,3)18(23-17)12-5-7-16(22)15(21)10-12/h5-10,18,23H,4,11H2,1-3H3. The summed E-state index contributed by atoms with van der Waals surface area (Å²) in [4.78, 5) is 12.0. The molecule has 25 heavy (non-hydrogen) atoms. The van der Waals surface area contributed by atoms with E-state index in [4.69, 9.17) is 4.74 Å². The Morgan fingerprint density at radius 2 is 2.08 bits per heavy atom. The summed E-state index contributed by atoms with van der Waals surface area (Å²) in [6.07, 6.45) is 0.808. The molecule has 5 heteroatoms. The first-order valence-electron chi connectivity index (χ1n) is 8.33. The van der Waals surface area contributed by atoms with Crippen LogP contribution in [0.2, 0.25) is 0 Å². The van der Waals surface area contributed by atoms with Crippen LogP contribution in [-0.2, 0) is 11.2 Å². The van der Waals surface area contributed by atoms with Crippen LogP contribution in [-0.4, -0.2) is 12.6 Å². The van der Waals surface area contributed by atoms with Crippen molar-refractivity contribution in [3.63, 3.8) is 0 Å². The van der Waals surface area contributed by atoms with E-state index < -0.39 is 0 Å². The topological polar surface area (TPSA) is 38.3 Å². The van der Waals surface area contributed by atoms with Gasteiger partial charge in [-0.1, -0.05) is 19.9 Å². The third-order valence-corrected chi connectivity index (χ3v) is 5.23. The maximum absolute atomic E-state index is 13.6. The van der Waals surface area contributed by atoms with Crippen LogP contribution in [0.15, 0.2) is 40.9 Å². The Morgan fingerprint density at radius 1 is 1.32 bits per heavy atom. The van der Waals surface area contributed by atoms with Crippen LogP contribution in [0.3, 0.4) is 0 Å². The van der Waals surface area contributed by atoms with E-state index in [0.29, 0.717) is 16.6 Å². The molecular weight excluding hydrogens is 385 g/mol. The van der Waals surface area contributed by atoms with E-state index in [9.17, 15) is 9.18 Å². The van der Waals surface area contributed by atoms with Gasteiger partial charge in [0.05, 0.1) is 22.7 Å². The molecule has 1 atom stereocenters. The number of nitrogens with one attached hydrogen (secondary N) is 1. The minimum atomic E-state index is -0.298. The molecule has 0 amide bonds. The summed E-state index contributed by atoms with van der Waals surface area (Å²) in [6, 6.07) is 10.8. The average Bonchev–Trinajstić information content (AvgIpc) is 2.56. The van der Waals surface area contributed by atoms with E-state index in [-0.39, 0.29) is 23.2 Å². The monoisotopic (exact) mass is 405 g/mol. The van der Waals surface area contributed by atoms with Crippen LogP contribution in [0.25, 0.3) is 0 Å². The zero-order chi connectivity index (χ0) is 18.2. The number of rotatable bonds is 3. The molecule has 132 valence electrons. The lowest BCUT2D eigenvalue weighted by Gasteiger charge is -2.41. The second-order valence-electron chi connectivity index (χ2n) is 7.01. The quantitative estimate of drug-likeness (QED) is 0.684. The molecule has 1 N–H and O–H groups in total. The molecule has 0 radical (unpaired) electrons. The maximum atomic E-state index is 13.6. The molecule has 0 aliphatic carbocycles. The van der Waals surface area contributed by atoms with Gasteiger partial charge >= 0.3 is 5.97 Å². The molecule has 0 spiro atoms. The fraction of sp³-hybridized carbons (Fsp3) is 0.350. The van der Waals surface area contributed by atoms with Gasteiger partial charge in [-0.15, -0.1) is 0 Å². The van der Waals surface area contributed by atoms with Crippen molar-refractivity contribution in [3.8, 4) is 0 Å². The van der Waals surface area contributed by atoms with E-state index in [1.54, 1.807) is 13.0 Å². The van der Waals surface area contributed by atoms with Crippen LogP contribution < -0.4 is 5.32 Å². The number of hydrogen-bond donors (Lipinski definition) is 1. The molecule has 0 saturated carbocycles. The number of anilines is 1. The van der Waals surface area contributed by atoms with Crippen molar-refractivity contribution in [2.24, 2.45) is 5.41 Å². The number of esters is 1. The van der Waals surface area contributed by atoms with Gasteiger partial charge in [0.2, 0.25) is 0 Å². The molecule has 2 aromatic carbocycles. The molecule has 3 rings (SSSR count). The van der Waals surface area contributed by atoms with Gasteiger partial charge in [-0.2, -0.15) is 0 Å². The minimum Gasteiger partial charge on any atom is -0.462 e. The van der Waals surface area contributed by atoms with Crippen LogP contribution in [0.5, 0.6) is 0 Å². The highest BCUT2D eigenvalue weighted by molar-refractivity contribution is 9.10. The second-order valence-corrected chi connectivity index (χ2v) is 7.86. The molecule has 2 aromatic rings. The lowest BCUT2D eigenvalue weighted by atomic mass is 9.73. The van der Waals surface area contributed by atoms with Crippen molar-refractivity contribution < 1.29 is 13.9 Å². The number of carbonyl (C=O) groups excluding carboxylic acids is 1. The Labute approximate surface area is 155 Å². The molecule has 1 heterocycles. The number of benzene rings is 2. The van der Waals surface area contributed by atoms with E-state index in [1.165, 1.54) is 6.07 Å². The van der Waals surface area contributed by atoms with Gasteiger partial charge in [0.1, 0.15) is 5.82 Å². The van der Waals surface area contributed by atoms with Crippen molar-refractivity contribution in [3.05, 3.63) is 63.4 Å². The number of carbonyl (C=O) groups is 1. The molecule has 1 aliphatic heterocycles. The molecule has 0 fully saturated rings. The summed E-state index contributed by atoms with van der Waals surface area (Å²) < 4.78 is 19.1. The third kappa shape index (κ3) is 3.56. The summed E-state index contributed by atoms with van der Waals surface area (Å²) in [5.41, 5.74) is 3.59. The smallest absolute Gasteiger partial charge is 0.338 e. The molecule has 3 nitrogen and oxygen atoms in total. The number of fused-ring (bicyclic) bond motifs is 1. The van der Waals surface area contributed by atoms with E-state index in [1.807, 2.05) is 24.3 Å². The Kier molecular flexibility index (Phi) is 4.87. The molecule has 0 bridgehead atoms. The first kappa shape index (κ1) is 17.9. The summed E-state index contributed by atoms with van der Waals surface area (Å²) in [6.45, 7) is 6.50. The molecular formula is C20H21BrFNO2. The van der Waals surface area contributed by atoms with Gasteiger partial charge in [-0.3, -0.25) is 0 Å². The Hall–Kier alpha value is -1.88. The fourth-order valence-electron chi connectivity index (χ4n) is 3.39. The summed E-state index contributed by atoms with van der Waals surface area (Å²) in [5, 5.41) is 3.55. The van der Waals surface area contributed by atoms with Crippen molar-refractivity contribution in [1.82, 2.24) is 0 Å². The Balaban J connectivity index is 1.94. The lowest BCUT2D eigenvalue weighted by Crippen LogP contribution is -2.35. The fourth-order valence-corrected chi connectivity index (χ4v) is 3.79. The van der Waals surface area contributed by atoms with E-state index in [2.05, 4.69) is 35.1 Å². The zero-order valence-electron chi connectivity index (χ0n) is 14.5. The normalized spacial score (nSPS) is 18.2. The Morgan fingerprint density at radius 3 is 2.76 bits per heavy atom. The second kappa shape index (κ2) is 6.79.